The zero-order valence-electron chi connectivity index (χ0n) is 14.2. The summed E-state index contributed by atoms with van der Waals surface area (Å²) < 4.78 is 11.0. The van der Waals surface area contributed by atoms with Crippen LogP contribution in [0.5, 0.6) is 5.75 Å². The van der Waals surface area contributed by atoms with Crippen molar-refractivity contribution in [3.63, 3.8) is 0 Å². The third kappa shape index (κ3) is 2.95. The fourth-order valence-corrected chi connectivity index (χ4v) is 3.25. The Kier molecular flexibility index (Phi) is 3.87. The Bertz CT molecular complexity index is 948. The molecule has 1 N–H and O–H groups in total. The molecule has 6 nitrogen and oxygen atoms in total. The zero-order chi connectivity index (χ0) is 17.4. The van der Waals surface area contributed by atoms with Crippen molar-refractivity contribution >= 4 is 17.0 Å². The van der Waals surface area contributed by atoms with Crippen molar-refractivity contribution < 1.29 is 14.1 Å². The van der Waals surface area contributed by atoms with Gasteiger partial charge in [-0.05, 0) is 38.0 Å². The minimum absolute atomic E-state index is 0.138. The van der Waals surface area contributed by atoms with Crippen LogP contribution in [0.1, 0.15) is 27.3 Å². The Hall–Kier alpha value is -2.89. The number of hydrogen-bond acceptors (Lipinski definition) is 5. The summed E-state index contributed by atoms with van der Waals surface area (Å²) in [5, 5.41) is 7.61. The van der Waals surface area contributed by atoms with E-state index in [9.17, 15) is 4.79 Å². The first-order valence-corrected chi connectivity index (χ1v) is 8.34. The zero-order valence-corrected chi connectivity index (χ0v) is 14.2. The maximum absolute atomic E-state index is 12.7. The molecule has 128 valence electrons. The van der Waals surface area contributed by atoms with Crippen LogP contribution in [0.3, 0.4) is 0 Å². The van der Waals surface area contributed by atoms with E-state index in [1.807, 2.05) is 32.0 Å². The fraction of sp³-hybridized carbons (Fsp3) is 0.316. The second-order valence-electron chi connectivity index (χ2n) is 6.46. The van der Waals surface area contributed by atoms with Crippen molar-refractivity contribution in [1.29, 1.82) is 0 Å². The number of pyridine rings is 1. The molecule has 3 heterocycles. The predicted octanol–water partition coefficient (Wildman–Crippen LogP) is 2.82. The highest BCUT2D eigenvalue weighted by atomic mass is 16.5. The molecule has 0 spiro atoms. The number of nitrogens with zero attached hydrogens (tertiary/aromatic N) is 2. The molecule has 0 saturated carbocycles. The summed E-state index contributed by atoms with van der Waals surface area (Å²) in [6, 6.07) is 9.80. The predicted molar refractivity (Wildman–Crippen MR) is 92.7 cm³/mol. The van der Waals surface area contributed by atoms with E-state index in [4.69, 9.17) is 9.26 Å². The number of carbonyl (C=O) groups is 1. The van der Waals surface area contributed by atoms with Crippen LogP contribution in [0.15, 0.2) is 34.9 Å². The van der Waals surface area contributed by atoms with Crippen LogP contribution in [0.25, 0.3) is 11.1 Å². The molecule has 0 aliphatic carbocycles. The first kappa shape index (κ1) is 15.6. The van der Waals surface area contributed by atoms with Crippen molar-refractivity contribution in [2.45, 2.75) is 20.3 Å². The van der Waals surface area contributed by atoms with Gasteiger partial charge in [-0.15, -0.1) is 0 Å². The Balaban J connectivity index is 1.49. The summed E-state index contributed by atoms with van der Waals surface area (Å²) >= 11 is 0. The molecule has 0 fully saturated rings. The molecule has 3 aromatic rings. The van der Waals surface area contributed by atoms with Crippen LogP contribution in [-0.2, 0) is 6.42 Å². The van der Waals surface area contributed by atoms with Crippen LogP contribution in [0.2, 0.25) is 0 Å². The molecule has 4 rings (SSSR count). The number of rotatable bonds is 3. The molecule has 1 amide bonds. The largest absolute Gasteiger partial charge is 0.493 e. The van der Waals surface area contributed by atoms with E-state index in [2.05, 4.69) is 21.5 Å². The average molecular weight is 337 g/mol. The second-order valence-corrected chi connectivity index (χ2v) is 6.46. The van der Waals surface area contributed by atoms with Crippen molar-refractivity contribution in [3.05, 3.63) is 52.8 Å². The van der Waals surface area contributed by atoms with Gasteiger partial charge in [0.2, 0.25) is 0 Å². The summed E-state index contributed by atoms with van der Waals surface area (Å²) in [6.45, 7) is 4.81. The summed E-state index contributed by atoms with van der Waals surface area (Å²) in [6.07, 6.45) is 0.896. The maximum Gasteiger partial charge on any atom is 0.258 e. The Morgan fingerprint density at radius 2 is 2.16 bits per heavy atom. The summed E-state index contributed by atoms with van der Waals surface area (Å²) in [5.41, 5.74) is 3.53. The Morgan fingerprint density at radius 3 is 3.04 bits per heavy atom. The molecule has 1 atom stereocenters. The monoisotopic (exact) mass is 337 g/mol. The van der Waals surface area contributed by atoms with Gasteiger partial charge in [-0.3, -0.25) is 4.79 Å². The number of fused-ring (bicyclic) bond motifs is 2. The molecule has 0 saturated heterocycles. The van der Waals surface area contributed by atoms with Crippen LogP contribution in [0.4, 0.5) is 0 Å². The van der Waals surface area contributed by atoms with Crippen molar-refractivity contribution in [2.75, 3.05) is 13.2 Å². The third-order valence-electron chi connectivity index (χ3n) is 4.50. The lowest BCUT2D eigenvalue weighted by Gasteiger charge is -2.25. The van der Waals surface area contributed by atoms with Gasteiger partial charge >= 0.3 is 0 Å². The van der Waals surface area contributed by atoms with Crippen molar-refractivity contribution in [3.8, 4) is 5.75 Å². The van der Waals surface area contributed by atoms with Crippen LogP contribution < -0.4 is 10.1 Å². The Morgan fingerprint density at radius 1 is 1.32 bits per heavy atom. The van der Waals surface area contributed by atoms with Gasteiger partial charge < -0.3 is 14.6 Å². The number of aryl methyl sites for hydroxylation is 2. The van der Waals surface area contributed by atoms with Gasteiger partial charge in [-0.1, -0.05) is 23.4 Å². The molecular weight excluding hydrogens is 318 g/mol. The van der Waals surface area contributed by atoms with Crippen LogP contribution >= 0.6 is 0 Å². The molecule has 1 aromatic carbocycles. The van der Waals surface area contributed by atoms with Crippen LogP contribution in [0, 0.1) is 19.8 Å². The number of benzene rings is 1. The number of carbonyl (C=O) groups excluding carboxylic acids is 1. The summed E-state index contributed by atoms with van der Waals surface area (Å²) in [7, 11) is 0. The van der Waals surface area contributed by atoms with E-state index >= 15 is 0 Å². The number of hydrogen-bond donors (Lipinski definition) is 1. The molecule has 0 unspecified atom stereocenters. The van der Waals surface area contributed by atoms with Gasteiger partial charge in [0, 0.05) is 18.2 Å². The van der Waals surface area contributed by atoms with Gasteiger partial charge in [0.1, 0.15) is 5.75 Å². The number of amides is 1. The van der Waals surface area contributed by atoms with Gasteiger partial charge in [-0.25, -0.2) is 4.98 Å². The molecule has 25 heavy (non-hydrogen) atoms. The molecular formula is C19H19N3O3. The maximum atomic E-state index is 12.7. The van der Waals surface area contributed by atoms with E-state index in [1.54, 1.807) is 6.07 Å². The standard InChI is InChI=1S/C19H19N3O3/c1-11-7-15(17-12(2)22-25-19(17)21-11)18(23)20-9-13-8-14-5-3-4-6-16(14)24-10-13/h3-7,13H,8-10H2,1-2H3,(H,20,23)/t13-/m0/s1. The molecule has 2 aromatic heterocycles. The smallest absolute Gasteiger partial charge is 0.258 e. The Labute approximate surface area is 145 Å². The first-order chi connectivity index (χ1) is 12.1. The highest BCUT2D eigenvalue weighted by Gasteiger charge is 2.22. The first-order valence-electron chi connectivity index (χ1n) is 8.34. The molecule has 0 radical (unpaired) electrons. The summed E-state index contributed by atoms with van der Waals surface area (Å²) in [4.78, 5) is 17.0. The minimum atomic E-state index is -0.138. The lowest BCUT2D eigenvalue weighted by molar-refractivity contribution is 0.0940. The quantitative estimate of drug-likeness (QED) is 0.795. The van der Waals surface area contributed by atoms with E-state index in [0.717, 1.165) is 17.9 Å². The number of aromatic nitrogens is 2. The fourth-order valence-electron chi connectivity index (χ4n) is 3.25. The molecule has 6 heteroatoms. The van der Waals surface area contributed by atoms with Crippen molar-refractivity contribution in [1.82, 2.24) is 15.5 Å². The highest BCUT2D eigenvalue weighted by Crippen LogP contribution is 2.27. The molecule has 1 aliphatic rings. The van der Waals surface area contributed by atoms with Crippen LogP contribution in [-0.4, -0.2) is 29.2 Å². The highest BCUT2D eigenvalue weighted by molar-refractivity contribution is 6.06. The van der Waals surface area contributed by atoms with Crippen molar-refractivity contribution in [2.24, 2.45) is 5.92 Å². The third-order valence-corrected chi connectivity index (χ3v) is 4.50. The minimum Gasteiger partial charge on any atom is -0.493 e. The normalized spacial score (nSPS) is 16.3. The molecule has 0 bridgehead atoms. The van der Waals surface area contributed by atoms with E-state index in [1.165, 1.54) is 5.56 Å². The average Bonchev–Trinajstić information content (AvgIpc) is 2.99. The lowest BCUT2D eigenvalue weighted by Crippen LogP contribution is -2.35. The van der Waals surface area contributed by atoms with E-state index in [-0.39, 0.29) is 11.8 Å². The topological polar surface area (TPSA) is 77.2 Å². The second kappa shape index (κ2) is 6.20. The van der Waals surface area contributed by atoms with E-state index in [0.29, 0.717) is 35.5 Å². The number of para-hydroxylation sites is 1. The summed E-state index contributed by atoms with van der Waals surface area (Å²) in [5.74, 6) is 1.05. The lowest BCUT2D eigenvalue weighted by atomic mass is 9.96. The SMILES string of the molecule is Cc1cc(C(=O)NC[C@H]2COc3ccccc3C2)c2c(C)noc2n1. The van der Waals surface area contributed by atoms with Gasteiger partial charge in [0.05, 0.1) is 23.3 Å². The van der Waals surface area contributed by atoms with Gasteiger partial charge in [-0.2, -0.15) is 0 Å². The van der Waals surface area contributed by atoms with Gasteiger partial charge in [0.15, 0.2) is 0 Å². The van der Waals surface area contributed by atoms with E-state index < -0.39 is 0 Å². The molecule has 1 aliphatic heterocycles. The van der Waals surface area contributed by atoms with Gasteiger partial charge in [0.25, 0.3) is 11.6 Å². The number of ether oxygens (including phenoxy) is 1. The number of nitrogens with one attached hydrogen (secondary N) is 1.